The highest BCUT2D eigenvalue weighted by Gasteiger charge is 2.28. The highest BCUT2D eigenvalue weighted by atomic mass is 16.5. The van der Waals surface area contributed by atoms with Crippen molar-refractivity contribution >= 4 is 10.8 Å². The Morgan fingerprint density at radius 1 is 0.917 bits per heavy atom. The van der Waals surface area contributed by atoms with Crippen LogP contribution in [0.4, 0.5) is 0 Å². The fourth-order valence-electron chi connectivity index (χ4n) is 3.22. The zero-order valence-electron chi connectivity index (χ0n) is 13.5. The Bertz CT molecular complexity index is 792. The summed E-state index contributed by atoms with van der Waals surface area (Å²) in [4.78, 5) is 0. The van der Waals surface area contributed by atoms with Crippen LogP contribution in [-0.4, -0.2) is 25.8 Å². The molecule has 1 saturated heterocycles. The van der Waals surface area contributed by atoms with Crippen molar-refractivity contribution in [3.8, 4) is 5.75 Å². The number of rotatable bonds is 4. The van der Waals surface area contributed by atoms with Crippen LogP contribution in [0.1, 0.15) is 11.7 Å². The van der Waals surface area contributed by atoms with Crippen LogP contribution < -0.4 is 10.1 Å². The SMILES string of the molecule is c1ccc(C(Oc2cccc3ccccc23)[C@@H]2CNCCO2)cc1. The van der Waals surface area contributed by atoms with E-state index in [1.807, 2.05) is 36.4 Å². The first-order valence-corrected chi connectivity index (χ1v) is 8.43. The molecule has 122 valence electrons. The van der Waals surface area contributed by atoms with Crippen LogP contribution in [0.15, 0.2) is 72.8 Å². The quantitative estimate of drug-likeness (QED) is 0.790. The van der Waals surface area contributed by atoms with E-state index < -0.39 is 0 Å². The topological polar surface area (TPSA) is 30.5 Å². The Hall–Kier alpha value is -2.36. The molecule has 0 saturated carbocycles. The predicted octanol–water partition coefficient (Wildman–Crippen LogP) is 3.95. The van der Waals surface area contributed by atoms with Crippen molar-refractivity contribution in [2.45, 2.75) is 12.2 Å². The van der Waals surface area contributed by atoms with Gasteiger partial charge in [-0.15, -0.1) is 0 Å². The lowest BCUT2D eigenvalue weighted by atomic mass is 10.0. The third-order valence-electron chi connectivity index (χ3n) is 4.43. The summed E-state index contributed by atoms with van der Waals surface area (Å²) in [5.74, 6) is 0.899. The van der Waals surface area contributed by atoms with E-state index in [1.54, 1.807) is 0 Å². The second-order valence-corrected chi connectivity index (χ2v) is 6.04. The lowest BCUT2D eigenvalue weighted by Crippen LogP contribution is -2.43. The average molecular weight is 319 g/mol. The summed E-state index contributed by atoms with van der Waals surface area (Å²) in [6.07, 6.45) is -0.134. The van der Waals surface area contributed by atoms with E-state index in [0.29, 0.717) is 6.61 Å². The number of ether oxygens (including phenoxy) is 2. The normalized spacial score (nSPS) is 19.1. The maximum atomic E-state index is 6.49. The fraction of sp³-hybridized carbons (Fsp3) is 0.238. The Morgan fingerprint density at radius 2 is 1.71 bits per heavy atom. The molecular weight excluding hydrogens is 298 g/mol. The van der Waals surface area contributed by atoms with Crippen molar-refractivity contribution < 1.29 is 9.47 Å². The van der Waals surface area contributed by atoms with Crippen molar-refractivity contribution in [2.24, 2.45) is 0 Å². The number of nitrogens with one attached hydrogen (secondary N) is 1. The van der Waals surface area contributed by atoms with E-state index in [1.165, 1.54) is 5.39 Å². The number of fused-ring (bicyclic) bond motifs is 1. The van der Waals surface area contributed by atoms with Gasteiger partial charge in [0.1, 0.15) is 11.9 Å². The summed E-state index contributed by atoms with van der Waals surface area (Å²) in [7, 11) is 0. The van der Waals surface area contributed by atoms with E-state index in [4.69, 9.17) is 9.47 Å². The van der Waals surface area contributed by atoms with Crippen LogP contribution >= 0.6 is 0 Å². The maximum absolute atomic E-state index is 6.49. The molecule has 1 aliphatic heterocycles. The van der Waals surface area contributed by atoms with Crippen LogP contribution in [0.25, 0.3) is 10.8 Å². The maximum Gasteiger partial charge on any atom is 0.151 e. The summed E-state index contributed by atoms with van der Waals surface area (Å²) in [6, 6.07) is 24.8. The lowest BCUT2D eigenvalue weighted by Gasteiger charge is -2.32. The summed E-state index contributed by atoms with van der Waals surface area (Å²) < 4.78 is 12.5. The van der Waals surface area contributed by atoms with Gasteiger partial charge in [0.05, 0.1) is 6.61 Å². The van der Waals surface area contributed by atoms with Gasteiger partial charge in [0.2, 0.25) is 0 Å². The smallest absolute Gasteiger partial charge is 0.151 e. The van der Waals surface area contributed by atoms with Crippen molar-refractivity contribution in [3.05, 3.63) is 78.4 Å². The summed E-state index contributed by atoms with van der Waals surface area (Å²) >= 11 is 0. The molecule has 3 aromatic carbocycles. The van der Waals surface area contributed by atoms with Gasteiger partial charge in [0.15, 0.2) is 6.10 Å². The molecule has 24 heavy (non-hydrogen) atoms. The molecule has 0 amide bonds. The third-order valence-corrected chi connectivity index (χ3v) is 4.43. The first-order valence-electron chi connectivity index (χ1n) is 8.43. The van der Waals surface area contributed by atoms with Gasteiger partial charge < -0.3 is 14.8 Å². The van der Waals surface area contributed by atoms with Gasteiger partial charge in [-0.3, -0.25) is 0 Å². The molecule has 0 aliphatic carbocycles. The number of benzene rings is 3. The molecule has 3 heteroatoms. The summed E-state index contributed by atoms with van der Waals surface area (Å²) in [6.45, 7) is 2.41. The Morgan fingerprint density at radius 3 is 2.54 bits per heavy atom. The van der Waals surface area contributed by atoms with Crippen LogP contribution in [0, 0.1) is 0 Å². The Balaban J connectivity index is 1.70. The molecule has 0 bridgehead atoms. The summed E-state index contributed by atoms with van der Waals surface area (Å²) in [5.41, 5.74) is 1.14. The molecule has 0 aromatic heterocycles. The van der Waals surface area contributed by atoms with Crippen molar-refractivity contribution in [1.29, 1.82) is 0 Å². The van der Waals surface area contributed by atoms with E-state index in [9.17, 15) is 0 Å². The molecule has 2 atom stereocenters. The predicted molar refractivity (Wildman–Crippen MR) is 96.4 cm³/mol. The second kappa shape index (κ2) is 7.04. The highest BCUT2D eigenvalue weighted by Crippen LogP contribution is 2.32. The minimum absolute atomic E-state index is 0.000110. The van der Waals surface area contributed by atoms with E-state index >= 15 is 0 Å². The van der Waals surface area contributed by atoms with Crippen molar-refractivity contribution in [1.82, 2.24) is 5.32 Å². The van der Waals surface area contributed by atoms with E-state index in [0.717, 1.165) is 29.8 Å². The van der Waals surface area contributed by atoms with E-state index in [2.05, 4.69) is 41.7 Å². The highest BCUT2D eigenvalue weighted by molar-refractivity contribution is 5.88. The molecule has 1 fully saturated rings. The van der Waals surface area contributed by atoms with Gasteiger partial charge in [-0.25, -0.2) is 0 Å². The van der Waals surface area contributed by atoms with E-state index in [-0.39, 0.29) is 12.2 Å². The van der Waals surface area contributed by atoms with Crippen LogP contribution in [0.3, 0.4) is 0 Å². The molecule has 1 heterocycles. The largest absolute Gasteiger partial charge is 0.482 e. The summed E-state index contributed by atoms with van der Waals surface area (Å²) in [5, 5.41) is 5.72. The van der Waals surface area contributed by atoms with Gasteiger partial charge >= 0.3 is 0 Å². The lowest BCUT2D eigenvalue weighted by molar-refractivity contribution is -0.0427. The monoisotopic (exact) mass is 319 g/mol. The minimum atomic E-state index is -0.134. The number of hydrogen-bond donors (Lipinski definition) is 1. The fourth-order valence-corrected chi connectivity index (χ4v) is 3.22. The number of morpholine rings is 1. The molecule has 0 radical (unpaired) electrons. The van der Waals surface area contributed by atoms with Crippen molar-refractivity contribution in [2.75, 3.05) is 19.7 Å². The third kappa shape index (κ3) is 3.14. The van der Waals surface area contributed by atoms with Crippen LogP contribution in [0.5, 0.6) is 5.75 Å². The van der Waals surface area contributed by atoms with Gasteiger partial charge in [0.25, 0.3) is 0 Å². The van der Waals surface area contributed by atoms with Crippen molar-refractivity contribution in [3.63, 3.8) is 0 Å². The zero-order valence-corrected chi connectivity index (χ0v) is 13.5. The standard InChI is InChI=1S/C21H21NO2/c1-2-8-17(9-3-1)21(20-15-22-13-14-23-20)24-19-12-6-10-16-7-4-5-11-18(16)19/h1-12,20-22H,13-15H2/t20-,21?/m0/s1. The zero-order chi connectivity index (χ0) is 16.2. The van der Waals surface area contributed by atoms with Crippen LogP contribution in [-0.2, 0) is 4.74 Å². The first kappa shape index (κ1) is 15.2. The van der Waals surface area contributed by atoms with Gasteiger partial charge in [-0.2, -0.15) is 0 Å². The second-order valence-electron chi connectivity index (χ2n) is 6.04. The van der Waals surface area contributed by atoms with Crippen LogP contribution in [0.2, 0.25) is 0 Å². The molecule has 0 spiro atoms. The molecule has 4 rings (SSSR count). The van der Waals surface area contributed by atoms with Gasteiger partial charge in [0, 0.05) is 18.5 Å². The number of hydrogen-bond acceptors (Lipinski definition) is 3. The van der Waals surface area contributed by atoms with Gasteiger partial charge in [-0.05, 0) is 17.0 Å². The first-order chi connectivity index (χ1) is 11.9. The molecule has 1 aliphatic rings. The molecule has 3 aromatic rings. The molecule has 3 nitrogen and oxygen atoms in total. The Labute approximate surface area is 142 Å². The Kier molecular flexibility index (Phi) is 4.45. The average Bonchev–Trinajstić information content (AvgIpc) is 2.67. The molecule has 1 unspecified atom stereocenters. The minimum Gasteiger partial charge on any atom is -0.482 e. The molecular formula is C21H21NO2. The van der Waals surface area contributed by atoms with Gasteiger partial charge in [-0.1, -0.05) is 66.7 Å². The molecule has 1 N–H and O–H groups in total.